The lowest BCUT2D eigenvalue weighted by molar-refractivity contribution is 0.0930. The number of rotatable bonds is 4. The first-order valence-electron chi connectivity index (χ1n) is 9.33. The average Bonchev–Trinajstić information content (AvgIpc) is 3.33. The van der Waals surface area contributed by atoms with Crippen LogP contribution < -0.4 is 11.1 Å². The van der Waals surface area contributed by atoms with E-state index in [1.807, 2.05) is 26.8 Å². The van der Waals surface area contributed by atoms with Crippen molar-refractivity contribution in [1.29, 1.82) is 0 Å². The van der Waals surface area contributed by atoms with E-state index in [1.165, 1.54) is 0 Å². The second-order valence-corrected chi connectivity index (χ2v) is 7.34. The fourth-order valence-corrected chi connectivity index (χ4v) is 4.05. The molecule has 1 aliphatic carbocycles. The topological polar surface area (TPSA) is 107 Å². The highest BCUT2D eigenvalue weighted by Crippen LogP contribution is 2.31. The van der Waals surface area contributed by atoms with Crippen molar-refractivity contribution < 1.29 is 13.7 Å². The van der Waals surface area contributed by atoms with Crippen LogP contribution in [-0.4, -0.2) is 28.6 Å². The predicted molar refractivity (Wildman–Crippen MR) is 109 cm³/mol. The maximum atomic E-state index is 13.1. The number of nitrogens with one attached hydrogen (secondary N) is 1. The van der Waals surface area contributed by atoms with Gasteiger partial charge in [-0.2, -0.15) is 0 Å². The van der Waals surface area contributed by atoms with Crippen molar-refractivity contribution in [3.8, 4) is 11.3 Å². The Balaban J connectivity index is 0.00000225. The Morgan fingerprint density at radius 1 is 1.29 bits per heavy atom. The minimum Gasteiger partial charge on any atom is -0.466 e. The molecular weight excluding hydrogens is 380 g/mol. The van der Waals surface area contributed by atoms with E-state index < -0.39 is 0 Å². The number of aromatic nitrogens is 2. The van der Waals surface area contributed by atoms with Gasteiger partial charge in [-0.3, -0.25) is 4.79 Å². The number of halogens is 1. The standard InChI is InChI=1S/C20H24N4O3.ClH/c1-10-7-14(12(3)26-10)17-8-15(18-11(2)24-27-20(18)23-17)19(25)22-16-6-4-5-13(16)9-21;/h7-8,13,16H,4-6,9,21H2,1-3H3,(H,22,25);1H. The lowest BCUT2D eigenvalue weighted by Crippen LogP contribution is -2.40. The summed E-state index contributed by atoms with van der Waals surface area (Å²) < 4.78 is 11.0. The smallest absolute Gasteiger partial charge is 0.259 e. The van der Waals surface area contributed by atoms with Gasteiger partial charge in [0.15, 0.2) is 0 Å². The molecule has 0 bridgehead atoms. The highest BCUT2D eigenvalue weighted by atomic mass is 35.5. The van der Waals surface area contributed by atoms with E-state index >= 15 is 0 Å². The van der Waals surface area contributed by atoms with Gasteiger partial charge in [-0.25, -0.2) is 4.98 Å². The molecule has 0 aromatic carbocycles. The molecule has 3 aromatic rings. The van der Waals surface area contributed by atoms with Gasteiger partial charge in [0.05, 0.1) is 22.3 Å². The van der Waals surface area contributed by atoms with Crippen molar-refractivity contribution in [3.63, 3.8) is 0 Å². The maximum Gasteiger partial charge on any atom is 0.259 e. The van der Waals surface area contributed by atoms with Crippen LogP contribution in [0, 0.1) is 26.7 Å². The maximum absolute atomic E-state index is 13.1. The quantitative estimate of drug-likeness (QED) is 0.686. The zero-order valence-electron chi connectivity index (χ0n) is 16.2. The van der Waals surface area contributed by atoms with Crippen LogP contribution >= 0.6 is 12.4 Å². The minimum absolute atomic E-state index is 0. The Labute approximate surface area is 169 Å². The lowest BCUT2D eigenvalue weighted by atomic mass is 10.0. The van der Waals surface area contributed by atoms with Gasteiger partial charge in [-0.05, 0) is 58.2 Å². The molecule has 8 heteroatoms. The lowest BCUT2D eigenvalue weighted by Gasteiger charge is -2.19. The Kier molecular flexibility index (Phi) is 5.76. The molecule has 150 valence electrons. The molecule has 0 radical (unpaired) electrons. The summed E-state index contributed by atoms with van der Waals surface area (Å²) in [6.45, 7) is 6.16. The molecule has 2 unspecified atom stereocenters. The normalized spacial score (nSPS) is 19.0. The molecule has 0 aliphatic heterocycles. The van der Waals surface area contributed by atoms with Crippen molar-refractivity contribution in [2.24, 2.45) is 11.7 Å². The molecule has 1 fully saturated rings. The van der Waals surface area contributed by atoms with Crippen LogP contribution in [0.5, 0.6) is 0 Å². The van der Waals surface area contributed by atoms with Crippen molar-refractivity contribution in [2.75, 3.05) is 6.54 Å². The fourth-order valence-electron chi connectivity index (χ4n) is 4.05. The van der Waals surface area contributed by atoms with Gasteiger partial charge in [-0.1, -0.05) is 11.6 Å². The number of amides is 1. The molecule has 3 N–H and O–H groups in total. The Morgan fingerprint density at radius 2 is 2.07 bits per heavy atom. The van der Waals surface area contributed by atoms with Gasteiger partial charge in [0.25, 0.3) is 11.6 Å². The molecule has 4 rings (SSSR count). The number of carbonyl (C=O) groups excluding carboxylic acids is 1. The van der Waals surface area contributed by atoms with Gasteiger partial charge in [0.2, 0.25) is 0 Å². The van der Waals surface area contributed by atoms with Crippen molar-refractivity contribution in [2.45, 2.75) is 46.1 Å². The van der Waals surface area contributed by atoms with E-state index in [1.54, 1.807) is 6.07 Å². The second kappa shape index (κ2) is 7.93. The monoisotopic (exact) mass is 404 g/mol. The van der Waals surface area contributed by atoms with Crippen molar-refractivity contribution in [3.05, 3.63) is 34.9 Å². The predicted octanol–water partition coefficient (Wildman–Crippen LogP) is 3.69. The number of carbonyl (C=O) groups is 1. The number of nitrogens with two attached hydrogens (primary N) is 1. The van der Waals surface area contributed by atoms with Gasteiger partial charge < -0.3 is 20.0 Å². The Bertz CT molecular complexity index is 1010. The summed E-state index contributed by atoms with van der Waals surface area (Å²) in [6.07, 6.45) is 3.10. The van der Waals surface area contributed by atoms with Gasteiger partial charge in [-0.15, -0.1) is 12.4 Å². The van der Waals surface area contributed by atoms with Gasteiger partial charge in [0.1, 0.15) is 11.5 Å². The third-order valence-electron chi connectivity index (χ3n) is 5.46. The van der Waals surface area contributed by atoms with Crippen LogP contribution in [0.1, 0.15) is 46.8 Å². The zero-order chi connectivity index (χ0) is 19.1. The molecule has 0 saturated heterocycles. The first-order chi connectivity index (χ1) is 13.0. The number of hydrogen-bond acceptors (Lipinski definition) is 6. The van der Waals surface area contributed by atoms with E-state index in [-0.39, 0.29) is 24.4 Å². The van der Waals surface area contributed by atoms with E-state index in [9.17, 15) is 4.79 Å². The summed E-state index contributed by atoms with van der Waals surface area (Å²) in [7, 11) is 0. The molecule has 3 heterocycles. The molecule has 7 nitrogen and oxygen atoms in total. The number of aryl methyl sites for hydroxylation is 3. The number of furan rings is 1. The minimum atomic E-state index is -0.141. The Hall–Kier alpha value is -2.38. The zero-order valence-corrected chi connectivity index (χ0v) is 17.1. The summed E-state index contributed by atoms with van der Waals surface area (Å²) in [5, 5.41) is 7.82. The fraction of sp³-hybridized carbons (Fsp3) is 0.450. The first kappa shape index (κ1) is 20.4. The summed E-state index contributed by atoms with van der Waals surface area (Å²) >= 11 is 0. The first-order valence-corrected chi connectivity index (χ1v) is 9.33. The third kappa shape index (κ3) is 3.52. The van der Waals surface area contributed by atoms with E-state index in [0.29, 0.717) is 40.5 Å². The van der Waals surface area contributed by atoms with E-state index in [0.717, 1.165) is 36.3 Å². The highest BCUT2D eigenvalue weighted by molar-refractivity contribution is 6.07. The van der Waals surface area contributed by atoms with Crippen LogP contribution in [0.2, 0.25) is 0 Å². The van der Waals surface area contributed by atoms with Gasteiger partial charge >= 0.3 is 0 Å². The molecular formula is C20H25ClN4O3. The van der Waals surface area contributed by atoms with Crippen LogP contribution in [0.3, 0.4) is 0 Å². The average molecular weight is 405 g/mol. The largest absolute Gasteiger partial charge is 0.466 e. The van der Waals surface area contributed by atoms with Crippen molar-refractivity contribution in [1.82, 2.24) is 15.5 Å². The summed E-state index contributed by atoms with van der Waals surface area (Å²) in [5.41, 5.74) is 8.87. The van der Waals surface area contributed by atoms with Crippen LogP contribution in [-0.2, 0) is 0 Å². The molecule has 1 aliphatic rings. The van der Waals surface area contributed by atoms with Crippen LogP contribution in [0.4, 0.5) is 0 Å². The number of pyridine rings is 1. The van der Waals surface area contributed by atoms with E-state index in [4.69, 9.17) is 14.7 Å². The highest BCUT2D eigenvalue weighted by Gasteiger charge is 2.29. The molecule has 28 heavy (non-hydrogen) atoms. The molecule has 3 aromatic heterocycles. The van der Waals surface area contributed by atoms with Gasteiger partial charge in [0, 0.05) is 11.6 Å². The summed E-state index contributed by atoms with van der Waals surface area (Å²) in [5.74, 6) is 1.73. The molecule has 2 atom stereocenters. The molecule has 1 amide bonds. The van der Waals surface area contributed by atoms with E-state index in [2.05, 4.69) is 15.5 Å². The Morgan fingerprint density at radius 3 is 2.75 bits per heavy atom. The summed E-state index contributed by atoms with van der Waals surface area (Å²) in [4.78, 5) is 17.7. The molecule has 1 saturated carbocycles. The summed E-state index contributed by atoms with van der Waals surface area (Å²) in [6, 6.07) is 3.81. The SMILES string of the molecule is Cc1cc(-c2cc(C(=O)NC3CCCC3CN)c3c(C)noc3n2)c(C)o1.Cl. The van der Waals surface area contributed by atoms with Crippen LogP contribution in [0.25, 0.3) is 22.4 Å². The van der Waals surface area contributed by atoms with Crippen LogP contribution in [0.15, 0.2) is 21.1 Å². The number of nitrogens with zero attached hydrogens (tertiary/aromatic N) is 2. The second-order valence-electron chi connectivity index (χ2n) is 7.34. The third-order valence-corrected chi connectivity index (χ3v) is 5.46. The number of fused-ring (bicyclic) bond motifs is 1. The van der Waals surface area contributed by atoms with Crippen molar-refractivity contribution >= 4 is 29.4 Å². The molecule has 0 spiro atoms. The number of hydrogen-bond donors (Lipinski definition) is 2.